The predicted octanol–water partition coefficient (Wildman–Crippen LogP) is -0.189. The maximum Gasteiger partial charge on any atom is 0.317 e. The van der Waals surface area contributed by atoms with Crippen molar-refractivity contribution < 1.29 is 14.7 Å². The van der Waals surface area contributed by atoms with Crippen LogP contribution in [-0.4, -0.2) is 50.8 Å². The van der Waals surface area contributed by atoms with Crippen LogP contribution in [0.2, 0.25) is 0 Å². The first kappa shape index (κ1) is 12.9. The quantitative estimate of drug-likeness (QED) is 0.639. The van der Waals surface area contributed by atoms with Gasteiger partial charge in [0.2, 0.25) is 0 Å². The number of hydrogen-bond acceptors (Lipinski definition) is 4. The van der Waals surface area contributed by atoms with Crippen molar-refractivity contribution in [3.63, 3.8) is 0 Å². The molecule has 0 bridgehead atoms. The molecule has 1 rings (SSSR count). The molecule has 0 radical (unpaired) electrons. The number of amides is 2. The fourth-order valence-corrected chi connectivity index (χ4v) is 1.18. The highest BCUT2D eigenvalue weighted by Crippen LogP contribution is 1.94. The number of aromatic nitrogens is 3. The zero-order valence-electron chi connectivity index (χ0n) is 9.51. The highest BCUT2D eigenvalue weighted by atomic mass is 16.4. The number of aromatic amines is 1. The molecule has 1 aromatic rings. The first-order chi connectivity index (χ1) is 8.09. The van der Waals surface area contributed by atoms with Gasteiger partial charge in [0.05, 0.1) is 6.54 Å². The molecule has 3 N–H and O–H groups in total. The van der Waals surface area contributed by atoms with Crippen LogP contribution in [0.1, 0.15) is 18.7 Å². The Balaban J connectivity index is 2.20. The highest BCUT2D eigenvalue weighted by Gasteiger charge is 2.08. The van der Waals surface area contributed by atoms with Crippen LogP contribution >= 0.6 is 0 Å². The van der Waals surface area contributed by atoms with Crippen molar-refractivity contribution in [1.29, 1.82) is 0 Å². The van der Waals surface area contributed by atoms with E-state index in [2.05, 4.69) is 20.5 Å². The van der Waals surface area contributed by atoms with E-state index in [-0.39, 0.29) is 19.0 Å². The third kappa shape index (κ3) is 4.96. The van der Waals surface area contributed by atoms with E-state index in [1.54, 1.807) is 7.05 Å². The summed E-state index contributed by atoms with van der Waals surface area (Å²) >= 11 is 0. The summed E-state index contributed by atoms with van der Waals surface area (Å²) in [7, 11) is 1.61. The molecule has 0 aliphatic heterocycles. The number of aliphatic carboxylic acids is 1. The fourth-order valence-electron chi connectivity index (χ4n) is 1.18. The Morgan fingerprint density at radius 1 is 1.59 bits per heavy atom. The standard InChI is InChI=1S/C9H15N5O3/c1-14(4-2-3-8(15)16)9(17)10-5-7-11-6-12-13-7/h6H,2-5H2,1H3,(H,10,17)(H,15,16)(H,11,12,13). The lowest BCUT2D eigenvalue weighted by atomic mass is 10.3. The third-order valence-corrected chi connectivity index (χ3v) is 2.10. The number of H-pyrrole nitrogens is 1. The van der Waals surface area contributed by atoms with E-state index in [0.717, 1.165) is 0 Å². The number of carboxylic acids is 1. The van der Waals surface area contributed by atoms with Crippen molar-refractivity contribution in [3.8, 4) is 0 Å². The maximum atomic E-state index is 11.5. The molecular weight excluding hydrogens is 226 g/mol. The van der Waals surface area contributed by atoms with Gasteiger partial charge in [-0.1, -0.05) is 0 Å². The summed E-state index contributed by atoms with van der Waals surface area (Å²) < 4.78 is 0. The zero-order chi connectivity index (χ0) is 12.7. The summed E-state index contributed by atoms with van der Waals surface area (Å²) in [5.41, 5.74) is 0. The number of carbonyl (C=O) groups is 2. The Morgan fingerprint density at radius 3 is 2.94 bits per heavy atom. The molecule has 0 aliphatic carbocycles. The number of nitrogens with one attached hydrogen (secondary N) is 2. The van der Waals surface area contributed by atoms with E-state index in [9.17, 15) is 9.59 Å². The number of carbonyl (C=O) groups excluding carboxylic acids is 1. The molecule has 0 aromatic carbocycles. The van der Waals surface area contributed by atoms with Gasteiger partial charge in [-0.2, -0.15) is 5.10 Å². The summed E-state index contributed by atoms with van der Waals surface area (Å²) in [6.45, 7) is 0.663. The molecule has 0 fully saturated rings. The first-order valence-electron chi connectivity index (χ1n) is 5.14. The van der Waals surface area contributed by atoms with E-state index in [1.807, 2.05) is 0 Å². The van der Waals surface area contributed by atoms with Gasteiger partial charge in [0.15, 0.2) is 0 Å². The Bertz CT molecular complexity index is 365. The van der Waals surface area contributed by atoms with E-state index in [0.29, 0.717) is 18.8 Å². The van der Waals surface area contributed by atoms with Crippen LogP contribution in [0.5, 0.6) is 0 Å². The molecule has 0 aliphatic rings. The van der Waals surface area contributed by atoms with Crippen molar-refractivity contribution in [1.82, 2.24) is 25.4 Å². The van der Waals surface area contributed by atoms with Gasteiger partial charge in [-0.15, -0.1) is 0 Å². The molecule has 1 heterocycles. The largest absolute Gasteiger partial charge is 0.481 e. The molecule has 0 saturated carbocycles. The lowest BCUT2D eigenvalue weighted by Gasteiger charge is -2.16. The number of urea groups is 1. The van der Waals surface area contributed by atoms with Crippen molar-refractivity contribution >= 4 is 12.0 Å². The van der Waals surface area contributed by atoms with Crippen molar-refractivity contribution in [2.24, 2.45) is 0 Å². The van der Waals surface area contributed by atoms with Crippen LogP contribution < -0.4 is 5.32 Å². The lowest BCUT2D eigenvalue weighted by molar-refractivity contribution is -0.137. The van der Waals surface area contributed by atoms with Gasteiger partial charge in [0, 0.05) is 20.0 Å². The predicted molar refractivity (Wildman–Crippen MR) is 58.1 cm³/mol. The van der Waals surface area contributed by atoms with Gasteiger partial charge < -0.3 is 15.3 Å². The number of carboxylic acid groups (broad SMARTS) is 1. The third-order valence-electron chi connectivity index (χ3n) is 2.10. The van der Waals surface area contributed by atoms with Crippen LogP contribution in [0.15, 0.2) is 6.33 Å². The summed E-state index contributed by atoms with van der Waals surface area (Å²) in [5, 5.41) is 17.3. The van der Waals surface area contributed by atoms with Crippen LogP contribution in [0.25, 0.3) is 0 Å². The molecule has 0 atom stereocenters. The van der Waals surface area contributed by atoms with E-state index in [1.165, 1.54) is 11.2 Å². The Kier molecular flexibility index (Phi) is 4.92. The highest BCUT2D eigenvalue weighted by molar-refractivity contribution is 5.73. The molecule has 2 amide bonds. The molecule has 17 heavy (non-hydrogen) atoms. The molecular formula is C9H15N5O3. The van der Waals surface area contributed by atoms with Crippen LogP contribution in [0.4, 0.5) is 4.79 Å². The average Bonchev–Trinajstić information content (AvgIpc) is 2.78. The number of hydrogen-bond donors (Lipinski definition) is 3. The van der Waals surface area contributed by atoms with Crippen LogP contribution in [0, 0.1) is 0 Å². The molecule has 0 spiro atoms. The van der Waals surface area contributed by atoms with E-state index in [4.69, 9.17) is 5.11 Å². The maximum absolute atomic E-state index is 11.5. The summed E-state index contributed by atoms with van der Waals surface area (Å²) in [4.78, 5) is 27.1. The number of rotatable bonds is 6. The van der Waals surface area contributed by atoms with E-state index < -0.39 is 5.97 Å². The monoisotopic (exact) mass is 241 g/mol. The SMILES string of the molecule is CN(CCCC(=O)O)C(=O)NCc1ncn[nH]1. The van der Waals surface area contributed by atoms with Gasteiger partial charge in [0.25, 0.3) is 0 Å². The fraction of sp³-hybridized carbons (Fsp3) is 0.556. The smallest absolute Gasteiger partial charge is 0.317 e. The minimum absolute atomic E-state index is 0.0553. The van der Waals surface area contributed by atoms with Gasteiger partial charge in [-0.3, -0.25) is 9.89 Å². The Hall–Kier alpha value is -2.12. The van der Waals surface area contributed by atoms with Gasteiger partial charge in [0.1, 0.15) is 12.2 Å². The van der Waals surface area contributed by atoms with Crippen LogP contribution in [-0.2, 0) is 11.3 Å². The molecule has 8 nitrogen and oxygen atoms in total. The second kappa shape index (κ2) is 6.46. The normalized spacial score (nSPS) is 9.94. The van der Waals surface area contributed by atoms with Gasteiger partial charge >= 0.3 is 12.0 Å². The second-order valence-electron chi connectivity index (χ2n) is 3.51. The molecule has 0 unspecified atom stereocenters. The molecule has 94 valence electrons. The second-order valence-corrected chi connectivity index (χ2v) is 3.51. The van der Waals surface area contributed by atoms with Crippen molar-refractivity contribution in [2.45, 2.75) is 19.4 Å². The van der Waals surface area contributed by atoms with E-state index >= 15 is 0 Å². The Labute approximate surface area is 98.0 Å². The molecule has 0 saturated heterocycles. The van der Waals surface area contributed by atoms with Crippen LogP contribution in [0.3, 0.4) is 0 Å². The molecule has 8 heteroatoms. The minimum atomic E-state index is -0.861. The molecule has 1 aromatic heterocycles. The zero-order valence-corrected chi connectivity index (χ0v) is 9.51. The Morgan fingerprint density at radius 2 is 2.35 bits per heavy atom. The van der Waals surface area contributed by atoms with Crippen molar-refractivity contribution in [3.05, 3.63) is 12.2 Å². The lowest BCUT2D eigenvalue weighted by Crippen LogP contribution is -2.37. The van der Waals surface area contributed by atoms with Gasteiger partial charge in [-0.25, -0.2) is 9.78 Å². The summed E-state index contributed by atoms with van der Waals surface area (Å²) in [5.74, 6) is -0.294. The summed E-state index contributed by atoms with van der Waals surface area (Å²) in [6.07, 6.45) is 1.85. The number of nitrogens with zero attached hydrogens (tertiary/aromatic N) is 3. The minimum Gasteiger partial charge on any atom is -0.481 e. The summed E-state index contributed by atoms with van der Waals surface area (Å²) in [6, 6.07) is -0.271. The van der Waals surface area contributed by atoms with Gasteiger partial charge in [-0.05, 0) is 6.42 Å². The van der Waals surface area contributed by atoms with Crippen molar-refractivity contribution in [2.75, 3.05) is 13.6 Å². The first-order valence-corrected chi connectivity index (χ1v) is 5.14. The topological polar surface area (TPSA) is 111 Å². The average molecular weight is 241 g/mol.